The van der Waals surface area contributed by atoms with Gasteiger partial charge in [0.15, 0.2) is 0 Å². The Balaban J connectivity index is 1.81. The van der Waals surface area contributed by atoms with Gasteiger partial charge in [-0.3, -0.25) is 4.98 Å². The molecule has 2 amide bonds. The molecule has 0 saturated carbocycles. The summed E-state index contributed by atoms with van der Waals surface area (Å²) in [7, 11) is 0. The number of nitrogens with zero attached hydrogens (tertiary/aromatic N) is 1. The number of pyridine rings is 1. The van der Waals surface area contributed by atoms with Crippen LogP contribution in [0.2, 0.25) is 0 Å². The summed E-state index contributed by atoms with van der Waals surface area (Å²) < 4.78 is 0. The average Bonchev–Trinajstić information content (AvgIpc) is 2.73. The van der Waals surface area contributed by atoms with Crippen LogP contribution in [-0.2, 0) is 12.8 Å². The van der Waals surface area contributed by atoms with E-state index < -0.39 is 0 Å². The Hall–Kier alpha value is -2.07. The van der Waals surface area contributed by atoms with Gasteiger partial charge in [0.2, 0.25) is 0 Å². The van der Waals surface area contributed by atoms with Crippen LogP contribution >= 0.6 is 11.6 Å². The standard InChI is InChI=1S/C20H26ClN3O/c1-4-5-16-7-9-18(23-15(16)3)12-13-22-20(25)24-17-8-6-14(2)19(21)11-10-17/h6-11,19H,4-5,12-13H2,1-3H3,(H2,22,24,25). The van der Waals surface area contributed by atoms with Crippen LogP contribution < -0.4 is 10.6 Å². The highest BCUT2D eigenvalue weighted by Gasteiger charge is 2.08. The molecule has 1 aromatic rings. The quantitative estimate of drug-likeness (QED) is 0.748. The fraction of sp³-hybridized carbons (Fsp3) is 0.400. The number of urea groups is 1. The van der Waals surface area contributed by atoms with Crippen LogP contribution in [0.4, 0.5) is 4.79 Å². The molecule has 0 radical (unpaired) electrons. The highest BCUT2D eigenvalue weighted by Crippen LogP contribution is 2.15. The Kier molecular flexibility index (Phi) is 7.26. The molecule has 0 aromatic carbocycles. The summed E-state index contributed by atoms with van der Waals surface area (Å²) in [5.74, 6) is 0. The van der Waals surface area contributed by atoms with Gasteiger partial charge < -0.3 is 10.6 Å². The number of alkyl halides is 1. The first-order chi connectivity index (χ1) is 12.0. The van der Waals surface area contributed by atoms with E-state index in [4.69, 9.17) is 11.6 Å². The van der Waals surface area contributed by atoms with E-state index in [1.807, 2.05) is 44.2 Å². The Morgan fingerprint density at radius 2 is 2.04 bits per heavy atom. The van der Waals surface area contributed by atoms with Gasteiger partial charge in [-0.15, -0.1) is 11.6 Å². The summed E-state index contributed by atoms with van der Waals surface area (Å²) >= 11 is 6.14. The third-order valence-corrected chi connectivity index (χ3v) is 4.59. The molecule has 0 bridgehead atoms. The molecule has 0 aliphatic heterocycles. The van der Waals surface area contributed by atoms with Gasteiger partial charge in [-0.1, -0.05) is 37.1 Å². The Morgan fingerprint density at radius 1 is 1.24 bits per heavy atom. The number of nitrogens with one attached hydrogen (secondary N) is 2. The van der Waals surface area contributed by atoms with E-state index in [1.165, 1.54) is 5.56 Å². The topological polar surface area (TPSA) is 54.0 Å². The van der Waals surface area contributed by atoms with Crippen LogP contribution in [0.1, 0.15) is 37.2 Å². The maximum absolute atomic E-state index is 12.0. The van der Waals surface area contributed by atoms with Crippen molar-refractivity contribution in [3.05, 3.63) is 64.7 Å². The molecule has 1 aromatic heterocycles. The molecule has 134 valence electrons. The zero-order chi connectivity index (χ0) is 18.2. The normalized spacial score (nSPS) is 16.7. The largest absolute Gasteiger partial charge is 0.337 e. The number of halogens is 1. The summed E-state index contributed by atoms with van der Waals surface area (Å²) in [6, 6.07) is 3.95. The molecule has 5 heteroatoms. The Labute approximate surface area is 155 Å². The van der Waals surface area contributed by atoms with Crippen LogP contribution in [0, 0.1) is 6.92 Å². The van der Waals surface area contributed by atoms with Crippen molar-refractivity contribution in [1.82, 2.24) is 15.6 Å². The summed E-state index contributed by atoms with van der Waals surface area (Å²) in [5.41, 5.74) is 5.14. The van der Waals surface area contributed by atoms with E-state index in [1.54, 1.807) is 0 Å². The monoisotopic (exact) mass is 359 g/mol. The lowest BCUT2D eigenvalue weighted by atomic mass is 10.1. The maximum atomic E-state index is 12.0. The summed E-state index contributed by atoms with van der Waals surface area (Å²) in [4.78, 5) is 16.6. The van der Waals surface area contributed by atoms with Gasteiger partial charge in [0.1, 0.15) is 0 Å². The Morgan fingerprint density at radius 3 is 2.76 bits per heavy atom. The molecule has 0 saturated heterocycles. The zero-order valence-corrected chi connectivity index (χ0v) is 15.9. The highest BCUT2D eigenvalue weighted by atomic mass is 35.5. The van der Waals surface area contributed by atoms with Gasteiger partial charge in [0, 0.05) is 30.1 Å². The number of amides is 2. The van der Waals surface area contributed by atoms with E-state index in [2.05, 4.69) is 28.6 Å². The van der Waals surface area contributed by atoms with Crippen molar-refractivity contribution < 1.29 is 4.79 Å². The van der Waals surface area contributed by atoms with E-state index in [-0.39, 0.29) is 11.4 Å². The highest BCUT2D eigenvalue weighted by molar-refractivity contribution is 6.23. The predicted molar refractivity (Wildman–Crippen MR) is 104 cm³/mol. The molecular weight excluding hydrogens is 334 g/mol. The van der Waals surface area contributed by atoms with Gasteiger partial charge in [-0.2, -0.15) is 0 Å². The minimum Gasteiger partial charge on any atom is -0.337 e. The second-order valence-electron chi connectivity index (χ2n) is 6.22. The lowest BCUT2D eigenvalue weighted by Gasteiger charge is -2.09. The van der Waals surface area contributed by atoms with E-state index in [0.717, 1.165) is 35.5 Å². The van der Waals surface area contributed by atoms with E-state index >= 15 is 0 Å². The van der Waals surface area contributed by atoms with E-state index in [0.29, 0.717) is 13.0 Å². The third-order valence-electron chi connectivity index (χ3n) is 4.10. The van der Waals surface area contributed by atoms with Crippen LogP contribution in [0.25, 0.3) is 0 Å². The first-order valence-corrected chi connectivity index (χ1v) is 9.14. The number of hydrogen-bond donors (Lipinski definition) is 2. The van der Waals surface area contributed by atoms with Crippen molar-refractivity contribution in [1.29, 1.82) is 0 Å². The number of hydrogen-bond acceptors (Lipinski definition) is 2. The number of aryl methyl sites for hydroxylation is 2. The second kappa shape index (κ2) is 9.42. The summed E-state index contributed by atoms with van der Waals surface area (Å²) in [5, 5.41) is 5.55. The molecular formula is C20H26ClN3O. The van der Waals surface area contributed by atoms with Gasteiger partial charge in [0.25, 0.3) is 0 Å². The maximum Gasteiger partial charge on any atom is 0.319 e. The number of carbonyl (C=O) groups excluding carboxylic acids is 1. The van der Waals surface area contributed by atoms with Crippen molar-refractivity contribution in [2.45, 2.75) is 45.4 Å². The SMILES string of the molecule is CCCc1ccc(CCNC(=O)NC2=CC=C(C)C(Cl)C=C2)nc1C. The number of rotatable bonds is 6. The third kappa shape index (κ3) is 6.05. The van der Waals surface area contributed by atoms with Crippen LogP contribution in [-0.4, -0.2) is 22.9 Å². The molecule has 2 rings (SSSR count). The van der Waals surface area contributed by atoms with E-state index in [9.17, 15) is 4.79 Å². The van der Waals surface area contributed by atoms with Crippen LogP contribution in [0.3, 0.4) is 0 Å². The minimum atomic E-state index is -0.227. The lowest BCUT2D eigenvalue weighted by molar-refractivity contribution is 0.243. The van der Waals surface area contributed by atoms with Gasteiger partial charge in [-0.05, 0) is 44.1 Å². The number of aromatic nitrogens is 1. The van der Waals surface area contributed by atoms with Gasteiger partial charge in [0.05, 0.1) is 5.38 Å². The molecule has 1 unspecified atom stereocenters. The molecule has 1 atom stereocenters. The van der Waals surface area contributed by atoms with Crippen molar-refractivity contribution in [2.24, 2.45) is 0 Å². The zero-order valence-electron chi connectivity index (χ0n) is 15.1. The molecule has 4 nitrogen and oxygen atoms in total. The fourth-order valence-corrected chi connectivity index (χ4v) is 2.73. The molecule has 0 spiro atoms. The number of allylic oxidation sites excluding steroid dienone is 5. The summed E-state index contributed by atoms with van der Waals surface area (Å²) in [6.45, 7) is 6.70. The fourth-order valence-electron chi connectivity index (χ4n) is 2.59. The Bertz CT molecular complexity index is 707. The van der Waals surface area contributed by atoms with Crippen molar-refractivity contribution in [2.75, 3.05) is 6.54 Å². The first-order valence-electron chi connectivity index (χ1n) is 8.70. The second-order valence-corrected chi connectivity index (χ2v) is 6.69. The smallest absolute Gasteiger partial charge is 0.319 e. The first kappa shape index (κ1) is 19.3. The number of carbonyl (C=O) groups is 1. The van der Waals surface area contributed by atoms with Crippen molar-refractivity contribution in [3.63, 3.8) is 0 Å². The summed E-state index contributed by atoms with van der Waals surface area (Å²) in [6.07, 6.45) is 10.3. The molecule has 2 N–H and O–H groups in total. The average molecular weight is 360 g/mol. The van der Waals surface area contributed by atoms with Crippen molar-refractivity contribution in [3.8, 4) is 0 Å². The lowest BCUT2D eigenvalue weighted by Crippen LogP contribution is -2.35. The predicted octanol–water partition coefficient (Wildman–Crippen LogP) is 4.19. The molecule has 1 aliphatic rings. The van der Waals surface area contributed by atoms with Crippen LogP contribution in [0.15, 0.2) is 47.7 Å². The van der Waals surface area contributed by atoms with Crippen LogP contribution in [0.5, 0.6) is 0 Å². The molecule has 0 fully saturated rings. The molecule has 1 aliphatic carbocycles. The van der Waals surface area contributed by atoms with Gasteiger partial charge >= 0.3 is 6.03 Å². The minimum absolute atomic E-state index is 0.136. The van der Waals surface area contributed by atoms with Crippen molar-refractivity contribution >= 4 is 17.6 Å². The molecule has 25 heavy (non-hydrogen) atoms. The van der Waals surface area contributed by atoms with Gasteiger partial charge in [-0.25, -0.2) is 4.79 Å². The molecule has 1 heterocycles.